The molecule has 0 spiro atoms. The number of hydrogen-bond acceptors (Lipinski definition) is 4. The summed E-state index contributed by atoms with van der Waals surface area (Å²) in [5.41, 5.74) is 1.79. The molecule has 1 unspecified atom stereocenters. The van der Waals surface area contributed by atoms with E-state index in [2.05, 4.69) is 9.97 Å². The first-order valence-electron chi connectivity index (χ1n) is 7.59. The Hall–Kier alpha value is -1.72. The van der Waals surface area contributed by atoms with Crippen molar-refractivity contribution >= 4 is 0 Å². The van der Waals surface area contributed by atoms with Crippen LogP contribution in [0.4, 0.5) is 0 Å². The van der Waals surface area contributed by atoms with E-state index in [0.717, 1.165) is 24.1 Å². The first kappa shape index (κ1) is 14.2. The highest BCUT2D eigenvalue weighted by molar-refractivity contribution is 5.56. The van der Waals surface area contributed by atoms with Crippen molar-refractivity contribution in [3.8, 4) is 11.3 Å². The third-order valence-corrected chi connectivity index (χ3v) is 4.34. The number of nitrogens with zero attached hydrogens (tertiary/aromatic N) is 4. The average molecular weight is 286 g/mol. The molecule has 112 valence electrons. The molecule has 1 saturated carbocycles. The van der Waals surface area contributed by atoms with E-state index in [-0.39, 0.29) is 0 Å². The second-order valence-corrected chi connectivity index (χ2v) is 5.75. The van der Waals surface area contributed by atoms with Crippen LogP contribution in [0.3, 0.4) is 0 Å². The third-order valence-electron chi connectivity index (χ3n) is 4.34. The zero-order valence-electron chi connectivity index (χ0n) is 12.4. The van der Waals surface area contributed by atoms with E-state index >= 15 is 0 Å². The molecule has 2 aromatic heterocycles. The van der Waals surface area contributed by atoms with Crippen molar-refractivity contribution in [3.05, 3.63) is 37.1 Å². The maximum Gasteiger partial charge on any atom is 0.191 e. The maximum atomic E-state index is 10.5. The van der Waals surface area contributed by atoms with Gasteiger partial charge < -0.3 is 5.11 Å². The molecule has 0 saturated heterocycles. The van der Waals surface area contributed by atoms with Crippen LogP contribution in [0.5, 0.6) is 0 Å². The van der Waals surface area contributed by atoms with Crippen molar-refractivity contribution in [2.45, 2.75) is 44.5 Å². The summed E-state index contributed by atoms with van der Waals surface area (Å²) in [6.45, 7) is 0. The zero-order chi connectivity index (χ0) is 14.7. The van der Waals surface area contributed by atoms with E-state index in [1.54, 1.807) is 23.3 Å². The molecule has 1 N–H and O–H groups in total. The van der Waals surface area contributed by atoms with Gasteiger partial charge >= 0.3 is 0 Å². The topological polar surface area (TPSA) is 54.2 Å². The summed E-state index contributed by atoms with van der Waals surface area (Å²) in [4.78, 5) is 10.5. The quantitative estimate of drug-likeness (QED) is 0.878. The predicted molar refractivity (Wildman–Crippen MR) is 81.3 cm³/mol. The van der Waals surface area contributed by atoms with Gasteiger partial charge in [0, 0.05) is 30.2 Å². The van der Waals surface area contributed by atoms with Crippen LogP contribution in [-0.2, 0) is 0 Å². The summed E-state index contributed by atoms with van der Waals surface area (Å²) >= 11 is 0. The minimum atomic E-state index is -0.661. The van der Waals surface area contributed by atoms with Gasteiger partial charge in [-0.2, -0.15) is 0 Å². The molecule has 3 rings (SSSR count). The Kier molecular flexibility index (Phi) is 4.31. The minimum absolute atomic E-state index is 0.456. The first-order valence-corrected chi connectivity index (χ1v) is 7.59. The van der Waals surface area contributed by atoms with Crippen LogP contribution >= 0.6 is 0 Å². The summed E-state index contributed by atoms with van der Waals surface area (Å²) < 4.78 is 1.76. The van der Waals surface area contributed by atoms with Crippen molar-refractivity contribution in [1.82, 2.24) is 19.4 Å². The lowest BCUT2D eigenvalue weighted by molar-refractivity contribution is -0.0695. The number of imidazole rings is 1. The van der Waals surface area contributed by atoms with E-state index in [4.69, 9.17) is 0 Å². The smallest absolute Gasteiger partial charge is 0.191 e. The monoisotopic (exact) mass is 286 g/mol. The van der Waals surface area contributed by atoms with Crippen LogP contribution in [0.25, 0.3) is 11.3 Å². The van der Waals surface area contributed by atoms with Crippen LogP contribution in [0.15, 0.2) is 37.1 Å². The molecule has 0 aromatic carbocycles. The number of aliphatic hydroxyl groups excluding tert-OH is 1. The molecule has 21 heavy (non-hydrogen) atoms. The molecule has 0 amide bonds. The molecule has 0 bridgehead atoms. The first-order chi connectivity index (χ1) is 10.3. The highest BCUT2D eigenvalue weighted by Gasteiger charge is 2.24. The minimum Gasteiger partial charge on any atom is -0.360 e. The summed E-state index contributed by atoms with van der Waals surface area (Å²) in [5, 5.41) is 10.5. The van der Waals surface area contributed by atoms with Crippen molar-refractivity contribution in [1.29, 1.82) is 0 Å². The van der Waals surface area contributed by atoms with Gasteiger partial charge in [-0.1, -0.05) is 19.3 Å². The third kappa shape index (κ3) is 3.14. The van der Waals surface area contributed by atoms with Gasteiger partial charge in [0.1, 0.15) is 0 Å². The molecular weight excluding hydrogens is 264 g/mol. The normalized spacial score (nSPS) is 18.0. The Morgan fingerprint density at radius 1 is 1.33 bits per heavy atom. The predicted octanol–water partition coefficient (Wildman–Crippen LogP) is 2.66. The van der Waals surface area contributed by atoms with E-state index < -0.39 is 6.35 Å². The fraction of sp³-hybridized carbons (Fsp3) is 0.500. The standard InChI is InChI=1S/C16H22N4O/c1-19(14-7-3-2-4-8-14)16(21)20-11-15(18-12-20)13-6-5-9-17-10-13/h5-6,9-12,14,16,21H,2-4,7-8H2,1H3. The highest BCUT2D eigenvalue weighted by Crippen LogP contribution is 2.26. The summed E-state index contributed by atoms with van der Waals surface area (Å²) in [5.74, 6) is 0. The molecule has 2 heterocycles. The maximum absolute atomic E-state index is 10.5. The second kappa shape index (κ2) is 6.37. The fourth-order valence-electron chi connectivity index (χ4n) is 3.01. The molecular formula is C16H22N4O. The van der Waals surface area contributed by atoms with Gasteiger partial charge in [0.2, 0.25) is 0 Å². The van der Waals surface area contributed by atoms with Crippen molar-refractivity contribution in [3.63, 3.8) is 0 Å². The van der Waals surface area contributed by atoms with Crippen molar-refractivity contribution in [2.24, 2.45) is 0 Å². The molecule has 0 aliphatic heterocycles. The molecule has 5 nitrogen and oxygen atoms in total. The Morgan fingerprint density at radius 2 is 2.14 bits per heavy atom. The number of pyridine rings is 1. The lowest BCUT2D eigenvalue weighted by Crippen LogP contribution is -2.38. The Balaban J connectivity index is 1.73. The molecule has 1 aliphatic rings. The molecule has 0 radical (unpaired) electrons. The van der Waals surface area contributed by atoms with E-state index in [9.17, 15) is 5.11 Å². The lowest BCUT2D eigenvalue weighted by Gasteiger charge is -2.34. The van der Waals surface area contributed by atoms with E-state index in [1.807, 2.05) is 30.3 Å². The van der Waals surface area contributed by atoms with Crippen LogP contribution in [0.1, 0.15) is 38.5 Å². The van der Waals surface area contributed by atoms with Gasteiger partial charge in [0.05, 0.1) is 12.0 Å². The average Bonchev–Trinajstić information content (AvgIpc) is 3.05. The zero-order valence-corrected chi connectivity index (χ0v) is 12.4. The Labute approximate surface area is 125 Å². The van der Waals surface area contributed by atoms with Gasteiger partial charge in [-0.25, -0.2) is 4.98 Å². The van der Waals surface area contributed by atoms with Crippen LogP contribution in [0.2, 0.25) is 0 Å². The van der Waals surface area contributed by atoms with Crippen molar-refractivity contribution < 1.29 is 5.11 Å². The largest absolute Gasteiger partial charge is 0.360 e. The van der Waals surface area contributed by atoms with Gasteiger partial charge in [0.15, 0.2) is 6.35 Å². The number of rotatable bonds is 4. The number of aliphatic hydroxyl groups is 1. The number of aromatic nitrogens is 3. The van der Waals surface area contributed by atoms with Crippen LogP contribution in [-0.4, -0.2) is 37.6 Å². The number of hydrogen-bond donors (Lipinski definition) is 1. The SMILES string of the molecule is CN(C1CCCCC1)C(O)n1cnc(-c2cccnc2)c1. The molecule has 5 heteroatoms. The molecule has 1 aliphatic carbocycles. The van der Waals surface area contributed by atoms with Crippen LogP contribution < -0.4 is 0 Å². The van der Waals surface area contributed by atoms with Crippen molar-refractivity contribution in [2.75, 3.05) is 7.05 Å². The van der Waals surface area contributed by atoms with Gasteiger partial charge in [0.25, 0.3) is 0 Å². The Bertz CT molecular complexity index is 563. The molecule has 2 aromatic rings. The van der Waals surface area contributed by atoms with Crippen LogP contribution in [0, 0.1) is 0 Å². The lowest BCUT2D eigenvalue weighted by atomic mass is 9.95. The van der Waals surface area contributed by atoms with E-state index in [0.29, 0.717) is 6.04 Å². The summed E-state index contributed by atoms with van der Waals surface area (Å²) in [7, 11) is 1.99. The Morgan fingerprint density at radius 3 is 2.86 bits per heavy atom. The van der Waals surface area contributed by atoms with E-state index in [1.165, 1.54) is 19.3 Å². The summed E-state index contributed by atoms with van der Waals surface area (Å²) in [6, 6.07) is 4.31. The van der Waals surface area contributed by atoms with Gasteiger partial charge in [-0.05, 0) is 32.0 Å². The molecule has 1 fully saturated rings. The molecule has 1 atom stereocenters. The highest BCUT2D eigenvalue weighted by atomic mass is 16.3. The van der Waals surface area contributed by atoms with Gasteiger partial charge in [-0.3, -0.25) is 14.5 Å². The summed E-state index contributed by atoms with van der Waals surface area (Å²) in [6.07, 6.45) is 12.6. The van der Waals surface area contributed by atoms with Gasteiger partial charge in [-0.15, -0.1) is 0 Å². The fourth-order valence-corrected chi connectivity index (χ4v) is 3.01. The second-order valence-electron chi connectivity index (χ2n) is 5.75.